The number of rotatable bonds is 5. The van der Waals surface area contributed by atoms with Crippen molar-refractivity contribution in [2.75, 3.05) is 6.61 Å². The van der Waals surface area contributed by atoms with Crippen LogP contribution < -0.4 is 10.4 Å². The van der Waals surface area contributed by atoms with Gasteiger partial charge < -0.3 is 9.53 Å². The largest absolute Gasteiger partial charge is 0.401 e. The summed E-state index contributed by atoms with van der Waals surface area (Å²) in [4.78, 5) is 0. The van der Waals surface area contributed by atoms with Crippen LogP contribution in [0.4, 0.5) is 0 Å². The molecule has 2 aromatic carbocycles. The van der Waals surface area contributed by atoms with E-state index < -0.39 is 8.32 Å². The molecule has 3 heteroatoms. The van der Waals surface area contributed by atoms with E-state index in [0.717, 1.165) is 12.8 Å². The molecular formula is C22H28O2Si. The highest BCUT2D eigenvalue weighted by Gasteiger charge is 2.52. The van der Waals surface area contributed by atoms with Crippen LogP contribution in [0.1, 0.15) is 33.6 Å². The lowest BCUT2D eigenvalue weighted by Crippen LogP contribution is -2.68. The maximum atomic E-state index is 9.29. The summed E-state index contributed by atoms with van der Waals surface area (Å²) in [6.07, 6.45) is 4.12. The first kappa shape index (κ1) is 18.1. The van der Waals surface area contributed by atoms with Crippen LogP contribution in [0.3, 0.4) is 0 Å². The second-order valence-electron chi connectivity index (χ2n) is 7.77. The Hall–Kier alpha value is -1.68. The zero-order valence-corrected chi connectivity index (χ0v) is 16.4. The van der Waals surface area contributed by atoms with Crippen LogP contribution in [0.15, 0.2) is 72.3 Å². The van der Waals surface area contributed by atoms with Gasteiger partial charge in [-0.05, 0) is 33.8 Å². The molecule has 1 N–H and O–H groups in total. The van der Waals surface area contributed by atoms with Crippen molar-refractivity contribution in [3.63, 3.8) is 0 Å². The maximum Gasteiger partial charge on any atom is 0.261 e. The normalized spacial score (nSPS) is 19.7. The predicted molar refractivity (Wildman–Crippen MR) is 107 cm³/mol. The second-order valence-corrected chi connectivity index (χ2v) is 12.0. The molecule has 3 rings (SSSR count). The van der Waals surface area contributed by atoms with Gasteiger partial charge in [0.05, 0.1) is 12.7 Å². The first-order chi connectivity index (χ1) is 12.0. The molecule has 0 saturated heterocycles. The molecule has 2 nitrogen and oxygen atoms in total. The average molecular weight is 353 g/mol. The summed E-state index contributed by atoms with van der Waals surface area (Å²) >= 11 is 0. The van der Waals surface area contributed by atoms with Crippen LogP contribution in [-0.2, 0) is 4.43 Å². The Balaban J connectivity index is 2.14. The highest BCUT2D eigenvalue weighted by atomic mass is 28.4. The summed E-state index contributed by atoms with van der Waals surface area (Å²) in [7, 11) is -2.48. The molecule has 0 aliphatic heterocycles. The van der Waals surface area contributed by atoms with Crippen molar-refractivity contribution in [1.82, 2.24) is 0 Å². The van der Waals surface area contributed by atoms with Crippen LogP contribution in [0, 0.1) is 0 Å². The van der Waals surface area contributed by atoms with E-state index in [4.69, 9.17) is 4.43 Å². The van der Waals surface area contributed by atoms with E-state index >= 15 is 0 Å². The summed E-state index contributed by atoms with van der Waals surface area (Å²) < 4.78 is 7.04. The topological polar surface area (TPSA) is 29.5 Å². The molecule has 132 valence electrons. The number of aliphatic hydroxyl groups is 1. The molecule has 2 aromatic rings. The lowest BCUT2D eigenvalue weighted by molar-refractivity contribution is 0.167. The fraction of sp³-hybridized carbons (Fsp3) is 0.364. The van der Waals surface area contributed by atoms with Crippen molar-refractivity contribution < 1.29 is 9.53 Å². The molecule has 1 saturated carbocycles. The molecule has 0 amide bonds. The summed E-state index contributed by atoms with van der Waals surface area (Å²) in [5.41, 5.74) is 1.25. The van der Waals surface area contributed by atoms with Crippen molar-refractivity contribution in [3.8, 4) is 0 Å². The van der Waals surface area contributed by atoms with Gasteiger partial charge >= 0.3 is 0 Å². The summed E-state index contributed by atoms with van der Waals surface area (Å²) in [6.45, 7) is 6.99. The molecule has 0 radical (unpaired) electrons. The standard InChI is InChI=1S/C22H28O2Si/c1-22(2,3)25(19-10-6-4-7-11-19,20-12-8-5-9-13-20)24-21-15-14-18(21)16-17-23/h4-13,16,21,23H,14-15,17H2,1-3H3/b18-16-. The van der Waals surface area contributed by atoms with Gasteiger partial charge in [0.15, 0.2) is 0 Å². The first-order valence-electron chi connectivity index (χ1n) is 9.07. The summed E-state index contributed by atoms with van der Waals surface area (Å²) in [5, 5.41) is 11.9. The van der Waals surface area contributed by atoms with Crippen molar-refractivity contribution in [1.29, 1.82) is 0 Å². The Morgan fingerprint density at radius 1 is 1.00 bits per heavy atom. The van der Waals surface area contributed by atoms with E-state index in [1.165, 1.54) is 15.9 Å². The van der Waals surface area contributed by atoms with Crippen LogP contribution in [0.2, 0.25) is 5.04 Å². The van der Waals surface area contributed by atoms with Gasteiger partial charge in [-0.15, -0.1) is 0 Å². The molecule has 1 aliphatic carbocycles. The minimum atomic E-state index is -2.48. The van der Waals surface area contributed by atoms with E-state index in [2.05, 4.69) is 81.4 Å². The van der Waals surface area contributed by atoms with Crippen molar-refractivity contribution in [3.05, 3.63) is 72.3 Å². The van der Waals surface area contributed by atoms with Gasteiger partial charge in [-0.2, -0.15) is 0 Å². The molecule has 0 bridgehead atoms. The fourth-order valence-electron chi connectivity index (χ4n) is 3.82. The van der Waals surface area contributed by atoms with Gasteiger partial charge in [-0.3, -0.25) is 0 Å². The van der Waals surface area contributed by atoms with Crippen LogP contribution in [0.5, 0.6) is 0 Å². The van der Waals surface area contributed by atoms with Crippen molar-refractivity contribution in [2.45, 2.75) is 44.8 Å². The van der Waals surface area contributed by atoms with Gasteiger partial charge in [0.1, 0.15) is 0 Å². The van der Waals surface area contributed by atoms with E-state index in [1.54, 1.807) is 0 Å². The minimum absolute atomic E-state index is 0.00434. The Bertz CT molecular complexity index is 677. The van der Waals surface area contributed by atoms with E-state index in [0.29, 0.717) is 0 Å². The molecular weight excluding hydrogens is 324 g/mol. The zero-order valence-electron chi connectivity index (χ0n) is 15.4. The molecule has 0 aromatic heterocycles. The third-order valence-electron chi connectivity index (χ3n) is 5.20. The predicted octanol–water partition coefficient (Wildman–Crippen LogP) is 3.64. The lowest BCUT2D eigenvalue weighted by Gasteiger charge is -2.47. The smallest absolute Gasteiger partial charge is 0.261 e. The quantitative estimate of drug-likeness (QED) is 0.657. The maximum absolute atomic E-state index is 9.29. The summed E-state index contributed by atoms with van der Waals surface area (Å²) in [5.74, 6) is 0. The molecule has 1 fully saturated rings. The van der Waals surface area contributed by atoms with E-state index in [9.17, 15) is 5.11 Å². The van der Waals surface area contributed by atoms with E-state index in [-0.39, 0.29) is 17.7 Å². The van der Waals surface area contributed by atoms with Gasteiger partial charge in [0.2, 0.25) is 0 Å². The number of hydrogen-bond acceptors (Lipinski definition) is 2. The number of benzene rings is 2. The molecule has 1 atom stereocenters. The Morgan fingerprint density at radius 2 is 1.52 bits per heavy atom. The number of aliphatic hydroxyl groups excluding tert-OH is 1. The average Bonchev–Trinajstić information content (AvgIpc) is 2.60. The first-order valence-corrected chi connectivity index (χ1v) is 11.0. The molecule has 1 unspecified atom stereocenters. The van der Waals surface area contributed by atoms with Crippen LogP contribution >= 0.6 is 0 Å². The van der Waals surface area contributed by atoms with Gasteiger partial charge in [0, 0.05) is 0 Å². The van der Waals surface area contributed by atoms with Crippen molar-refractivity contribution >= 4 is 18.7 Å². The molecule has 0 spiro atoms. The molecule has 0 heterocycles. The van der Waals surface area contributed by atoms with Crippen molar-refractivity contribution in [2.24, 2.45) is 0 Å². The Kier molecular flexibility index (Phi) is 5.28. The summed E-state index contributed by atoms with van der Waals surface area (Å²) in [6, 6.07) is 21.5. The number of hydrogen-bond donors (Lipinski definition) is 1. The van der Waals surface area contributed by atoms with Gasteiger partial charge in [-0.1, -0.05) is 87.5 Å². The zero-order chi connectivity index (χ0) is 17.9. The molecule has 25 heavy (non-hydrogen) atoms. The third kappa shape index (κ3) is 3.37. The minimum Gasteiger partial charge on any atom is -0.401 e. The van der Waals surface area contributed by atoms with Crippen LogP contribution in [0.25, 0.3) is 0 Å². The Morgan fingerprint density at radius 3 is 1.88 bits per heavy atom. The van der Waals surface area contributed by atoms with Gasteiger partial charge in [0.25, 0.3) is 8.32 Å². The monoisotopic (exact) mass is 352 g/mol. The SMILES string of the molecule is CC(C)(C)[Si](OC1CC/C1=C/CO)(c1ccccc1)c1ccccc1. The highest BCUT2D eigenvalue weighted by Crippen LogP contribution is 2.41. The second kappa shape index (κ2) is 7.28. The fourth-order valence-corrected chi connectivity index (χ4v) is 8.53. The highest BCUT2D eigenvalue weighted by molar-refractivity contribution is 6.99. The van der Waals surface area contributed by atoms with Gasteiger partial charge in [-0.25, -0.2) is 0 Å². The van der Waals surface area contributed by atoms with Crippen LogP contribution in [-0.4, -0.2) is 26.1 Å². The van der Waals surface area contributed by atoms with E-state index in [1.807, 2.05) is 6.08 Å². The Labute approximate surface area is 152 Å². The third-order valence-corrected chi connectivity index (χ3v) is 10.2. The lowest BCUT2D eigenvalue weighted by atomic mass is 9.89. The molecule has 1 aliphatic rings.